The van der Waals surface area contributed by atoms with Gasteiger partial charge in [-0.3, -0.25) is 0 Å². The Kier molecular flexibility index (Phi) is 6.28. The summed E-state index contributed by atoms with van der Waals surface area (Å²) in [5.74, 6) is 0. The summed E-state index contributed by atoms with van der Waals surface area (Å²) in [5.41, 5.74) is -0.913. The first-order valence-electron chi connectivity index (χ1n) is 4.31. The average Bonchev–Trinajstić information content (AvgIpc) is 2.20. The molecule has 0 aromatic carbocycles. The predicted molar refractivity (Wildman–Crippen MR) is 56.1 cm³/mol. The van der Waals surface area contributed by atoms with E-state index in [1.165, 1.54) is 0 Å². The van der Waals surface area contributed by atoms with Crippen LogP contribution in [0.1, 0.15) is 26.2 Å². The monoisotopic (exact) mass is 240 g/mol. The SMILES string of the molecule is CCC=CC(C#N)(C#N)CCCBr. The number of nitrogens with zero attached hydrogens (tertiary/aromatic N) is 2. The molecule has 0 bridgehead atoms. The molecule has 0 aromatic heterocycles. The third-order valence-electron chi connectivity index (χ3n) is 1.74. The van der Waals surface area contributed by atoms with Gasteiger partial charge in [0.2, 0.25) is 0 Å². The van der Waals surface area contributed by atoms with E-state index in [9.17, 15) is 0 Å². The lowest BCUT2D eigenvalue weighted by Crippen LogP contribution is -2.12. The number of alkyl halides is 1. The quantitative estimate of drug-likeness (QED) is 0.548. The number of halogens is 1. The minimum Gasteiger partial charge on any atom is -0.196 e. The molecule has 0 atom stereocenters. The molecule has 70 valence electrons. The first-order valence-corrected chi connectivity index (χ1v) is 5.43. The van der Waals surface area contributed by atoms with Gasteiger partial charge >= 0.3 is 0 Å². The first-order chi connectivity index (χ1) is 6.24. The van der Waals surface area contributed by atoms with Gasteiger partial charge in [-0.2, -0.15) is 10.5 Å². The normalized spacial score (nSPS) is 11.1. The number of hydrogen-bond donors (Lipinski definition) is 0. The van der Waals surface area contributed by atoms with Crippen LogP contribution in [0.25, 0.3) is 0 Å². The fraction of sp³-hybridized carbons (Fsp3) is 0.600. The van der Waals surface area contributed by atoms with Crippen molar-refractivity contribution >= 4 is 15.9 Å². The van der Waals surface area contributed by atoms with Crippen LogP contribution in [0, 0.1) is 28.1 Å². The summed E-state index contributed by atoms with van der Waals surface area (Å²) in [7, 11) is 0. The van der Waals surface area contributed by atoms with E-state index in [1.54, 1.807) is 6.08 Å². The molecule has 0 fully saturated rings. The third kappa shape index (κ3) is 4.10. The number of hydrogen-bond acceptors (Lipinski definition) is 2. The molecule has 13 heavy (non-hydrogen) atoms. The molecule has 0 spiro atoms. The molecule has 0 aromatic rings. The molecule has 0 saturated carbocycles. The highest BCUT2D eigenvalue weighted by molar-refractivity contribution is 9.09. The highest BCUT2D eigenvalue weighted by atomic mass is 79.9. The van der Waals surface area contributed by atoms with Gasteiger partial charge in [0, 0.05) is 5.33 Å². The van der Waals surface area contributed by atoms with Crippen molar-refractivity contribution < 1.29 is 0 Å². The van der Waals surface area contributed by atoms with Crippen molar-refractivity contribution in [1.82, 2.24) is 0 Å². The maximum absolute atomic E-state index is 8.89. The average molecular weight is 241 g/mol. The Morgan fingerprint density at radius 3 is 2.38 bits per heavy atom. The zero-order chi connectivity index (χ0) is 10.2. The highest BCUT2D eigenvalue weighted by Gasteiger charge is 2.25. The van der Waals surface area contributed by atoms with Gasteiger partial charge in [-0.1, -0.05) is 35.0 Å². The summed E-state index contributed by atoms with van der Waals surface area (Å²) < 4.78 is 0. The summed E-state index contributed by atoms with van der Waals surface area (Å²) in [5, 5.41) is 18.6. The molecular weight excluding hydrogens is 228 g/mol. The van der Waals surface area contributed by atoms with Crippen LogP contribution in [0.4, 0.5) is 0 Å². The summed E-state index contributed by atoms with van der Waals surface area (Å²) in [6.45, 7) is 1.99. The minimum atomic E-state index is -0.913. The lowest BCUT2D eigenvalue weighted by molar-refractivity contribution is 0.583. The summed E-state index contributed by atoms with van der Waals surface area (Å²) in [6, 6.07) is 4.13. The van der Waals surface area contributed by atoms with Crippen molar-refractivity contribution in [2.24, 2.45) is 5.41 Å². The van der Waals surface area contributed by atoms with E-state index in [1.807, 2.05) is 13.0 Å². The largest absolute Gasteiger partial charge is 0.196 e. The fourth-order valence-electron chi connectivity index (χ4n) is 0.959. The maximum atomic E-state index is 8.89. The second kappa shape index (κ2) is 6.69. The molecule has 0 unspecified atom stereocenters. The topological polar surface area (TPSA) is 47.6 Å². The molecule has 3 heteroatoms. The Balaban J connectivity index is 4.45. The zero-order valence-corrected chi connectivity index (χ0v) is 9.34. The molecule has 0 aliphatic heterocycles. The summed E-state index contributed by atoms with van der Waals surface area (Å²) in [4.78, 5) is 0. The van der Waals surface area contributed by atoms with Crippen molar-refractivity contribution in [3.63, 3.8) is 0 Å². The minimum absolute atomic E-state index is 0.599. The molecule has 0 saturated heterocycles. The highest BCUT2D eigenvalue weighted by Crippen LogP contribution is 2.24. The Hall–Kier alpha value is -0.800. The van der Waals surface area contributed by atoms with Crippen LogP contribution in [-0.2, 0) is 0 Å². The van der Waals surface area contributed by atoms with Gasteiger partial charge in [-0.25, -0.2) is 0 Å². The van der Waals surface area contributed by atoms with Crippen LogP contribution in [0.5, 0.6) is 0 Å². The van der Waals surface area contributed by atoms with Crippen molar-refractivity contribution in [1.29, 1.82) is 10.5 Å². The van der Waals surface area contributed by atoms with Crippen LogP contribution < -0.4 is 0 Å². The lowest BCUT2D eigenvalue weighted by Gasteiger charge is -2.11. The van der Waals surface area contributed by atoms with E-state index in [-0.39, 0.29) is 0 Å². The standard InChI is InChI=1S/C10H13BrN2/c1-2-3-5-10(8-12,9-13)6-4-7-11/h3,5H,2,4,6-7H2,1H3. The fourth-order valence-corrected chi connectivity index (χ4v) is 1.24. The van der Waals surface area contributed by atoms with E-state index in [0.717, 1.165) is 18.2 Å². The van der Waals surface area contributed by atoms with Crippen molar-refractivity contribution in [2.75, 3.05) is 5.33 Å². The molecule has 0 amide bonds. The van der Waals surface area contributed by atoms with E-state index < -0.39 is 5.41 Å². The Morgan fingerprint density at radius 2 is 2.00 bits per heavy atom. The Labute approximate surface area is 88.0 Å². The molecule has 0 heterocycles. The predicted octanol–water partition coefficient (Wildman–Crippen LogP) is 3.16. The molecule has 0 aliphatic carbocycles. The van der Waals surface area contributed by atoms with E-state index in [2.05, 4.69) is 28.1 Å². The van der Waals surface area contributed by atoms with Gasteiger partial charge in [0.25, 0.3) is 0 Å². The zero-order valence-electron chi connectivity index (χ0n) is 7.76. The second-order valence-corrected chi connectivity index (χ2v) is 3.59. The molecule has 0 rings (SSSR count). The van der Waals surface area contributed by atoms with Crippen molar-refractivity contribution in [2.45, 2.75) is 26.2 Å². The molecule has 2 nitrogen and oxygen atoms in total. The molecule has 0 N–H and O–H groups in total. The van der Waals surface area contributed by atoms with Crippen LogP contribution in [0.15, 0.2) is 12.2 Å². The third-order valence-corrected chi connectivity index (χ3v) is 2.30. The van der Waals surface area contributed by atoms with Gasteiger partial charge in [0.15, 0.2) is 5.41 Å². The van der Waals surface area contributed by atoms with Gasteiger partial charge in [0.05, 0.1) is 12.1 Å². The van der Waals surface area contributed by atoms with Crippen molar-refractivity contribution in [3.05, 3.63) is 12.2 Å². The number of allylic oxidation sites excluding steroid dienone is 2. The van der Waals surface area contributed by atoms with E-state index >= 15 is 0 Å². The van der Waals surface area contributed by atoms with Gasteiger partial charge in [-0.05, 0) is 19.3 Å². The van der Waals surface area contributed by atoms with Crippen LogP contribution >= 0.6 is 15.9 Å². The Bertz CT molecular complexity index is 231. The lowest BCUT2D eigenvalue weighted by atomic mass is 9.86. The van der Waals surface area contributed by atoms with Crippen LogP contribution in [0.3, 0.4) is 0 Å². The van der Waals surface area contributed by atoms with Crippen molar-refractivity contribution in [3.8, 4) is 12.1 Å². The van der Waals surface area contributed by atoms with E-state index in [4.69, 9.17) is 10.5 Å². The maximum Gasteiger partial charge on any atom is 0.161 e. The van der Waals surface area contributed by atoms with E-state index in [0.29, 0.717) is 6.42 Å². The molecule has 0 aliphatic rings. The van der Waals surface area contributed by atoms with Gasteiger partial charge < -0.3 is 0 Å². The smallest absolute Gasteiger partial charge is 0.161 e. The van der Waals surface area contributed by atoms with Crippen LogP contribution in [0.2, 0.25) is 0 Å². The second-order valence-electron chi connectivity index (χ2n) is 2.80. The first kappa shape index (κ1) is 12.2. The van der Waals surface area contributed by atoms with Gasteiger partial charge in [0.1, 0.15) is 0 Å². The number of nitriles is 2. The Morgan fingerprint density at radius 1 is 1.38 bits per heavy atom. The molecular formula is C10H13BrN2. The van der Waals surface area contributed by atoms with Gasteiger partial charge in [-0.15, -0.1) is 0 Å². The number of rotatable bonds is 5. The molecule has 0 radical (unpaired) electrons. The summed E-state index contributed by atoms with van der Waals surface area (Å²) >= 11 is 3.29. The summed E-state index contributed by atoms with van der Waals surface area (Å²) in [6.07, 6.45) is 5.90. The van der Waals surface area contributed by atoms with Crippen LogP contribution in [-0.4, -0.2) is 5.33 Å².